The maximum atomic E-state index is 11.1. The number of aliphatic hydroxyl groups excluding tert-OH is 2. The molecule has 1 heterocycles. The van der Waals surface area contributed by atoms with Crippen LogP contribution in [-0.4, -0.2) is 58.8 Å². The molecule has 0 fully saturated rings. The maximum Gasteiger partial charge on any atom is 0.323 e. The number of aromatic nitrogens is 1. The zero-order valence-corrected chi connectivity index (χ0v) is 30.2. The molecule has 1 aromatic heterocycles. The fraction of sp³-hybridized carbons (Fsp3) is 0.244. The van der Waals surface area contributed by atoms with Crippen molar-refractivity contribution in [1.29, 1.82) is 5.26 Å². The van der Waals surface area contributed by atoms with Crippen LogP contribution in [0.5, 0.6) is 17.2 Å². The summed E-state index contributed by atoms with van der Waals surface area (Å²) < 4.78 is 18.2. The highest BCUT2D eigenvalue weighted by Crippen LogP contribution is 2.37. The molecule has 12 heteroatoms. The van der Waals surface area contributed by atoms with Crippen molar-refractivity contribution >= 4 is 17.6 Å². The van der Waals surface area contributed by atoms with Gasteiger partial charge in [-0.15, -0.1) is 0 Å². The third kappa shape index (κ3) is 10.1. The number of hydrogen-bond acceptors (Lipinski definition) is 10. The average Bonchev–Trinajstić information content (AvgIpc) is 3.17. The van der Waals surface area contributed by atoms with Crippen molar-refractivity contribution in [3.05, 3.63) is 130 Å². The molecule has 0 amide bonds. The van der Waals surface area contributed by atoms with Crippen LogP contribution in [0.3, 0.4) is 0 Å². The molecule has 5 N–H and O–H groups in total. The molecule has 0 spiro atoms. The van der Waals surface area contributed by atoms with Crippen LogP contribution in [0.15, 0.2) is 91.3 Å². The minimum Gasteiger partial charge on any atom is -0.492 e. The number of rotatable bonds is 18. The monoisotopic (exact) mass is 736 g/mol. The van der Waals surface area contributed by atoms with Gasteiger partial charge in [-0.2, -0.15) is 5.26 Å². The van der Waals surface area contributed by atoms with Gasteiger partial charge in [0.2, 0.25) is 0 Å². The van der Waals surface area contributed by atoms with Crippen LogP contribution in [0.2, 0.25) is 5.02 Å². The molecular weight excluding hydrogens is 696 g/mol. The van der Waals surface area contributed by atoms with Crippen molar-refractivity contribution in [2.45, 2.75) is 39.6 Å². The smallest absolute Gasteiger partial charge is 0.323 e. The fourth-order valence-electron chi connectivity index (χ4n) is 5.83. The number of halogens is 1. The van der Waals surface area contributed by atoms with E-state index in [1.165, 1.54) is 6.20 Å². The van der Waals surface area contributed by atoms with Gasteiger partial charge in [0.1, 0.15) is 49.2 Å². The third-order valence-corrected chi connectivity index (χ3v) is 9.02. The Hall–Kier alpha value is -5.48. The number of aliphatic carboxylic acids is 1. The molecule has 274 valence electrons. The van der Waals surface area contributed by atoms with Crippen LogP contribution < -0.4 is 24.8 Å². The number of nitrogens with zero attached hydrogens (tertiary/aromatic N) is 2. The predicted octanol–water partition coefficient (Wildman–Crippen LogP) is 6.17. The van der Waals surface area contributed by atoms with Crippen molar-refractivity contribution in [2.24, 2.45) is 0 Å². The highest BCUT2D eigenvalue weighted by molar-refractivity contribution is 6.32. The number of nitrogens with one attached hydrogen (secondary N) is 2. The summed E-state index contributed by atoms with van der Waals surface area (Å²) in [6.07, 6.45) is 3.13. The molecule has 53 heavy (non-hydrogen) atoms. The van der Waals surface area contributed by atoms with E-state index in [0.29, 0.717) is 34.4 Å². The van der Waals surface area contributed by atoms with E-state index in [1.807, 2.05) is 42.5 Å². The van der Waals surface area contributed by atoms with E-state index in [0.717, 1.165) is 50.1 Å². The van der Waals surface area contributed by atoms with E-state index < -0.39 is 18.6 Å². The summed E-state index contributed by atoms with van der Waals surface area (Å²) in [5.74, 6) is 0.510. The van der Waals surface area contributed by atoms with E-state index in [1.54, 1.807) is 24.4 Å². The lowest BCUT2D eigenvalue weighted by molar-refractivity contribution is -0.140. The Kier molecular flexibility index (Phi) is 13.8. The van der Waals surface area contributed by atoms with Crippen LogP contribution in [0, 0.1) is 25.2 Å². The fourth-order valence-corrected chi connectivity index (χ4v) is 6.07. The van der Waals surface area contributed by atoms with Gasteiger partial charge in [0, 0.05) is 42.7 Å². The number of pyridine rings is 1. The Morgan fingerprint density at radius 3 is 2.30 bits per heavy atom. The molecular formula is C41H41ClN4O7. The van der Waals surface area contributed by atoms with Crippen LogP contribution in [0.25, 0.3) is 22.3 Å². The van der Waals surface area contributed by atoms with Crippen LogP contribution in [0.1, 0.15) is 33.4 Å². The van der Waals surface area contributed by atoms with Gasteiger partial charge in [-0.05, 0) is 77.1 Å². The number of benzene rings is 4. The first-order valence-electron chi connectivity index (χ1n) is 16.9. The van der Waals surface area contributed by atoms with E-state index in [9.17, 15) is 15.2 Å². The van der Waals surface area contributed by atoms with E-state index >= 15 is 0 Å². The number of carbonyl (C=O) groups is 1. The molecule has 0 saturated heterocycles. The molecule has 5 rings (SSSR count). The summed E-state index contributed by atoms with van der Waals surface area (Å²) in [4.78, 5) is 15.2. The molecule has 1 atom stereocenters. The lowest BCUT2D eigenvalue weighted by Crippen LogP contribution is -2.41. The quantitative estimate of drug-likeness (QED) is 0.0516. The first-order valence-corrected chi connectivity index (χ1v) is 17.3. The number of nitriles is 1. The van der Waals surface area contributed by atoms with Gasteiger partial charge in [-0.25, -0.2) is 0 Å². The summed E-state index contributed by atoms with van der Waals surface area (Å²) in [5.41, 5.74) is 9.35. The van der Waals surface area contributed by atoms with Gasteiger partial charge < -0.3 is 29.5 Å². The SMILES string of the molecule is Cc1c(COc2cc(OCc3cncc(C#N)c3)c(CNCO)cc2Cl)cccc1-c1cccc(-c2ccc(OCCN[C@@H](CO)C(=O)O)cc2)c1C. The highest BCUT2D eigenvalue weighted by atomic mass is 35.5. The normalized spacial score (nSPS) is 11.5. The Labute approximate surface area is 313 Å². The van der Waals surface area contributed by atoms with Crippen molar-refractivity contribution in [2.75, 3.05) is 26.5 Å². The van der Waals surface area contributed by atoms with Gasteiger partial charge >= 0.3 is 5.97 Å². The molecule has 0 bridgehead atoms. The number of ether oxygens (including phenoxy) is 3. The summed E-state index contributed by atoms with van der Waals surface area (Å²) in [5, 5.41) is 42.8. The number of carboxylic acid groups (broad SMARTS) is 1. The first kappa shape index (κ1) is 38.7. The summed E-state index contributed by atoms with van der Waals surface area (Å²) >= 11 is 6.68. The molecule has 0 saturated carbocycles. The van der Waals surface area contributed by atoms with Crippen molar-refractivity contribution < 1.29 is 34.3 Å². The Morgan fingerprint density at radius 1 is 0.868 bits per heavy atom. The summed E-state index contributed by atoms with van der Waals surface area (Å²) in [7, 11) is 0. The zero-order valence-electron chi connectivity index (χ0n) is 29.4. The first-order chi connectivity index (χ1) is 25.7. The molecule has 0 aliphatic heterocycles. The van der Waals surface area contributed by atoms with Gasteiger partial charge in [0.05, 0.1) is 23.9 Å². The highest BCUT2D eigenvalue weighted by Gasteiger charge is 2.16. The molecule has 0 radical (unpaired) electrons. The number of carboxylic acids is 1. The molecule has 0 unspecified atom stereocenters. The van der Waals surface area contributed by atoms with Crippen molar-refractivity contribution in [3.8, 4) is 45.6 Å². The topological polar surface area (TPSA) is 166 Å². The van der Waals surface area contributed by atoms with E-state index in [-0.39, 0.29) is 33.1 Å². The average molecular weight is 737 g/mol. The number of aliphatic hydroxyl groups is 2. The van der Waals surface area contributed by atoms with Crippen LogP contribution >= 0.6 is 11.6 Å². The van der Waals surface area contributed by atoms with Crippen LogP contribution in [0.4, 0.5) is 0 Å². The Morgan fingerprint density at radius 2 is 1.58 bits per heavy atom. The van der Waals surface area contributed by atoms with E-state index in [4.69, 9.17) is 36.0 Å². The van der Waals surface area contributed by atoms with Gasteiger partial charge in [-0.1, -0.05) is 60.1 Å². The van der Waals surface area contributed by atoms with Crippen molar-refractivity contribution in [1.82, 2.24) is 15.6 Å². The minimum absolute atomic E-state index is 0.174. The second kappa shape index (κ2) is 18.8. The zero-order chi connectivity index (χ0) is 37.7. The molecule has 4 aromatic carbocycles. The van der Waals surface area contributed by atoms with Gasteiger partial charge in [-0.3, -0.25) is 20.4 Å². The third-order valence-electron chi connectivity index (χ3n) is 8.72. The lowest BCUT2D eigenvalue weighted by atomic mass is 9.89. The minimum atomic E-state index is -1.11. The maximum absolute atomic E-state index is 11.1. The standard InChI is InChI=1S/C41H41ClN4O7/c1-26-31(24-53-40-17-39(32(16-37(40)42)21-45-25-48)52-23-29-15-28(18-43)19-44-20-29)5-3-7-35(26)36-8-4-6-34(27(36)2)30-9-11-33(12-10-30)51-14-13-46-38(22-47)41(49)50/h3-12,15-17,19-20,38,45-48H,13-14,21-25H2,1-2H3,(H,49,50)/t38-/m0/s1. The largest absolute Gasteiger partial charge is 0.492 e. The second-order valence-electron chi connectivity index (χ2n) is 12.2. The van der Waals surface area contributed by atoms with Gasteiger partial charge in [0.15, 0.2) is 0 Å². The molecule has 0 aliphatic carbocycles. The van der Waals surface area contributed by atoms with Crippen LogP contribution in [-0.2, 0) is 24.6 Å². The lowest BCUT2D eigenvalue weighted by Gasteiger charge is -2.18. The Balaban J connectivity index is 1.30. The number of hydrogen-bond donors (Lipinski definition) is 5. The molecule has 11 nitrogen and oxygen atoms in total. The Bertz CT molecular complexity index is 2070. The molecule has 5 aromatic rings. The summed E-state index contributed by atoms with van der Waals surface area (Å²) in [6, 6.07) is 26.4. The van der Waals surface area contributed by atoms with Crippen molar-refractivity contribution in [3.63, 3.8) is 0 Å². The molecule has 0 aliphatic rings. The van der Waals surface area contributed by atoms with E-state index in [2.05, 4.69) is 53.7 Å². The second-order valence-corrected chi connectivity index (χ2v) is 12.6. The summed E-state index contributed by atoms with van der Waals surface area (Å²) in [6.45, 7) is 4.75. The predicted molar refractivity (Wildman–Crippen MR) is 202 cm³/mol. The van der Waals surface area contributed by atoms with Gasteiger partial charge in [0.25, 0.3) is 0 Å².